The first-order valence-electron chi connectivity index (χ1n) is 10.2. The van der Waals surface area contributed by atoms with Crippen molar-refractivity contribution in [2.75, 3.05) is 26.8 Å². The maximum Gasteiger partial charge on any atom is 0.253 e. The maximum atomic E-state index is 13.9. The second kappa shape index (κ2) is 8.47. The average molecular weight is 449 g/mol. The first-order valence-corrected chi connectivity index (χ1v) is 11.7. The lowest BCUT2D eigenvalue weighted by molar-refractivity contribution is 0.0792. The smallest absolute Gasteiger partial charge is 0.253 e. The van der Waals surface area contributed by atoms with E-state index in [9.17, 15) is 17.6 Å². The van der Waals surface area contributed by atoms with Gasteiger partial charge in [-0.15, -0.1) is 0 Å². The lowest BCUT2D eigenvalue weighted by atomic mass is 10.1. The molecule has 4 rings (SSSR count). The predicted octanol–water partition coefficient (Wildman–Crippen LogP) is 3.04. The van der Waals surface area contributed by atoms with E-state index in [1.54, 1.807) is 30.0 Å². The number of fused-ring (bicyclic) bond motifs is 1. The minimum Gasteiger partial charge on any atom is -0.495 e. The van der Waals surface area contributed by atoms with Gasteiger partial charge in [-0.1, -0.05) is 0 Å². The van der Waals surface area contributed by atoms with E-state index in [2.05, 4.69) is 0 Å². The maximum absolute atomic E-state index is 13.9. The quantitative estimate of drug-likeness (QED) is 0.719. The SMILES string of the molecule is COc1ccc(F)cc1S(=O)(=O)N1Cc2cc(C(=O)N3CCCC3)ccc2OCC1C. The van der Waals surface area contributed by atoms with E-state index in [4.69, 9.17) is 9.47 Å². The largest absolute Gasteiger partial charge is 0.495 e. The van der Waals surface area contributed by atoms with Crippen molar-refractivity contribution in [1.29, 1.82) is 0 Å². The van der Waals surface area contributed by atoms with Crippen LogP contribution in [0.1, 0.15) is 35.7 Å². The van der Waals surface area contributed by atoms with Gasteiger partial charge in [-0.2, -0.15) is 4.31 Å². The summed E-state index contributed by atoms with van der Waals surface area (Å²) in [6.45, 7) is 3.31. The molecule has 9 heteroatoms. The highest BCUT2D eigenvalue weighted by Crippen LogP contribution is 2.33. The van der Waals surface area contributed by atoms with Gasteiger partial charge in [0, 0.05) is 30.8 Å². The fourth-order valence-electron chi connectivity index (χ4n) is 4.00. The summed E-state index contributed by atoms with van der Waals surface area (Å²) in [5, 5.41) is 0. The van der Waals surface area contributed by atoms with Gasteiger partial charge in [0.1, 0.15) is 28.8 Å². The van der Waals surface area contributed by atoms with Crippen LogP contribution in [0.2, 0.25) is 0 Å². The Morgan fingerprint density at radius 2 is 1.90 bits per heavy atom. The normalized spacial score (nSPS) is 19.5. The number of amides is 1. The third-order valence-corrected chi connectivity index (χ3v) is 7.69. The molecule has 0 saturated carbocycles. The van der Waals surface area contributed by atoms with Crippen LogP contribution >= 0.6 is 0 Å². The third-order valence-electron chi connectivity index (χ3n) is 5.71. The molecule has 31 heavy (non-hydrogen) atoms. The summed E-state index contributed by atoms with van der Waals surface area (Å²) in [5.41, 5.74) is 1.09. The molecular formula is C22H25FN2O5S. The number of rotatable bonds is 4. The lowest BCUT2D eigenvalue weighted by Gasteiger charge is -2.26. The molecule has 1 atom stereocenters. The van der Waals surface area contributed by atoms with E-state index in [0.29, 0.717) is 16.9 Å². The zero-order chi connectivity index (χ0) is 22.2. The Morgan fingerprint density at radius 3 is 2.61 bits per heavy atom. The number of sulfonamides is 1. The Labute approximate surface area is 181 Å². The van der Waals surface area contributed by atoms with Crippen LogP contribution in [0.4, 0.5) is 4.39 Å². The fourth-order valence-corrected chi connectivity index (χ4v) is 5.76. The number of nitrogens with zero attached hydrogens (tertiary/aromatic N) is 2. The molecule has 2 aliphatic rings. The summed E-state index contributed by atoms with van der Waals surface area (Å²) in [6.07, 6.45) is 1.97. The first kappa shape index (κ1) is 21.6. The second-order valence-electron chi connectivity index (χ2n) is 7.83. The standard InChI is InChI=1S/C22H25FN2O5S/c1-15-14-30-19-7-5-16(22(26)24-9-3-4-10-24)11-17(19)13-25(15)31(27,28)21-12-18(23)6-8-20(21)29-2/h5-8,11-12,15H,3-4,9-10,13-14H2,1-2H3. The summed E-state index contributed by atoms with van der Waals surface area (Å²) >= 11 is 0. The van der Waals surface area contributed by atoms with Crippen molar-refractivity contribution in [2.45, 2.75) is 37.2 Å². The topological polar surface area (TPSA) is 76.2 Å². The molecule has 1 unspecified atom stereocenters. The van der Waals surface area contributed by atoms with Crippen molar-refractivity contribution in [3.05, 3.63) is 53.3 Å². The summed E-state index contributed by atoms with van der Waals surface area (Å²) < 4.78 is 53.1. The van der Waals surface area contributed by atoms with Gasteiger partial charge in [-0.3, -0.25) is 4.79 Å². The molecule has 2 heterocycles. The highest BCUT2D eigenvalue weighted by molar-refractivity contribution is 7.89. The first-order chi connectivity index (χ1) is 14.8. The third kappa shape index (κ3) is 4.12. The highest BCUT2D eigenvalue weighted by atomic mass is 32.2. The molecule has 0 aromatic heterocycles. The fraction of sp³-hybridized carbons (Fsp3) is 0.409. The summed E-state index contributed by atoms with van der Waals surface area (Å²) in [6, 6.07) is 8.01. The molecule has 0 N–H and O–H groups in total. The molecule has 2 aromatic rings. The van der Waals surface area contributed by atoms with Crippen molar-refractivity contribution in [3.63, 3.8) is 0 Å². The van der Waals surface area contributed by atoms with Gasteiger partial charge >= 0.3 is 0 Å². The van der Waals surface area contributed by atoms with Crippen molar-refractivity contribution in [1.82, 2.24) is 9.21 Å². The second-order valence-corrected chi connectivity index (χ2v) is 9.69. The van der Waals surface area contributed by atoms with Crippen LogP contribution in [0.25, 0.3) is 0 Å². The van der Waals surface area contributed by atoms with Gasteiger partial charge < -0.3 is 14.4 Å². The van der Waals surface area contributed by atoms with E-state index in [1.165, 1.54) is 17.5 Å². The molecule has 0 radical (unpaired) electrons. The van der Waals surface area contributed by atoms with E-state index in [-0.39, 0.29) is 29.7 Å². The van der Waals surface area contributed by atoms with E-state index in [0.717, 1.165) is 38.1 Å². The van der Waals surface area contributed by atoms with Crippen LogP contribution in [-0.4, -0.2) is 56.4 Å². The highest BCUT2D eigenvalue weighted by Gasteiger charge is 2.35. The van der Waals surface area contributed by atoms with Crippen LogP contribution in [0.15, 0.2) is 41.3 Å². The number of methoxy groups -OCH3 is 1. The summed E-state index contributed by atoms with van der Waals surface area (Å²) in [7, 11) is -2.76. The Bertz CT molecular complexity index is 1100. The van der Waals surface area contributed by atoms with E-state index < -0.39 is 21.9 Å². The molecule has 166 valence electrons. The van der Waals surface area contributed by atoms with E-state index >= 15 is 0 Å². The Kier molecular flexibility index (Phi) is 5.90. The van der Waals surface area contributed by atoms with Gasteiger partial charge in [0.2, 0.25) is 10.0 Å². The van der Waals surface area contributed by atoms with Crippen molar-refractivity contribution < 1.29 is 27.1 Å². The number of halogens is 1. The molecule has 1 saturated heterocycles. The zero-order valence-electron chi connectivity index (χ0n) is 17.5. The van der Waals surface area contributed by atoms with E-state index in [1.807, 2.05) is 0 Å². The number of likely N-dealkylation sites (tertiary alicyclic amines) is 1. The molecule has 7 nitrogen and oxygen atoms in total. The minimum absolute atomic E-state index is 0.000376. The van der Waals surface area contributed by atoms with Gasteiger partial charge in [0.15, 0.2) is 0 Å². The lowest BCUT2D eigenvalue weighted by Crippen LogP contribution is -2.40. The molecule has 2 aromatic carbocycles. The number of carbonyl (C=O) groups is 1. The van der Waals surface area contributed by atoms with Crippen LogP contribution in [-0.2, 0) is 16.6 Å². The number of benzene rings is 2. The van der Waals surface area contributed by atoms with Crippen molar-refractivity contribution in [2.24, 2.45) is 0 Å². The summed E-state index contributed by atoms with van der Waals surface area (Å²) in [5.74, 6) is -0.138. The van der Waals surface area contributed by atoms with Crippen molar-refractivity contribution in [3.8, 4) is 11.5 Å². The molecule has 2 aliphatic heterocycles. The number of hydrogen-bond donors (Lipinski definition) is 0. The van der Waals surface area contributed by atoms with Crippen LogP contribution in [0.3, 0.4) is 0 Å². The van der Waals surface area contributed by atoms with Gasteiger partial charge in [-0.05, 0) is 56.2 Å². The monoisotopic (exact) mass is 448 g/mol. The zero-order valence-corrected chi connectivity index (χ0v) is 18.3. The predicted molar refractivity (Wildman–Crippen MR) is 112 cm³/mol. The Hall–Kier alpha value is -2.65. The average Bonchev–Trinajstić information content (AvgIpc) is 3.24. The number of carbonyl (C=O) groups excluding carboxylic acids is 1. The Balaban J connectivity index is 1.70. The van der Waals surface area contributed by atoms with Crippen molar-refractivity contribution >= 4 is 15.9 Å². The molecule has 0 spiro atoms. The van der Waals surface area contributed by atoms with Crippen LogP contribution in [0, 0.1) is 5.82 Å². The van der Waals surface area contributed by atoms with Gasteiger partial charge in [0.05, 0.1) is 13.2 Å². The molecule has 1 amide bonds. The van der Waals surface area contributed by atoms with Gasteiger partial charge in [0.25, 0.3) is 5.91 Å². The molecule has 0 bridgehead atoms. The minimum atomic E-state index is -4.10. The van der Waals surface area contributed by atoms with Crippen LogP contribution < -0.4 is 9.47 Å². The molecular weight excluding hydrogens is 423 g/mol. The molecule has 0 aliphatic carbocycles. The van der Waals surface area contributed by atoms with Gasteiger partial charge in [-0.25, -0.2) is 12.8 Å². The number of ether oxygens (including phenoxy) is 2. The van der Waals surface area contributed by atoms with Crippen LogP contribution in [0.5, 0.6) is 11.5 Å². The Morgan fingerprint density at radius 1 is 1.16 bits per heavy atom. The summed E-state index contributed by atoms with van der Waals surface area (Å²) in [4.78, 5) is 14.4. The molecule has 1 fully saturated rings. The number of hydrogen-bond acceptors (Lipinski definition) is 5.